The van der Waals surface area contributed by atoms with Crippen LogP contribution in [0.3, 0.4) is 0 Å². The van der Waals surface area contributed by atoms with Gasteiger partial charge in [0.15, 0.2) is 0 Å². The van der Waals surface area contributed by atoms with Gasteiger partial charge < -0.3 is 14.9 Å². The fourth-order valence-electron chi connectivity index (χ4n) is 3.00. The van der Waals surface area contributed by atoms with E-state index >= 15 is 0 Å². The van der Waals surface area contributed by atoms with Crippen molar-refractivity contribution < 1.29 is 4.79 Å². The van der Waals surface area contributed by atoms with E-state index in [0.29, 0.717) is 6.42 Å². The molecule has 0 saturated carbocycles. The van der Waals surface area contributed by atoms with Gasteiger partial charge in [-0.2, -0.15) is 0 Å². The first-order valence-electron chi connectivity index (χ1n) is 7.60. The van der Waals surface area contributed by atoms with E-state index in [1.165, 1.54) is 5.39 Å². The van der Waals surface area contributed by atoms with Gasteiger partial charge in [0, 0.05) is 41.5 Å². The van der Waals surface area contributed by atoms with Gasteiger partial charge in [0.25, 0.3) is 0 Å². The third-order valence-corrected chi connectivity index (χ3v) is 4.20. The third-order valence-electron chi connectivity index (χ3n) is 4.20. The number of rotatable bonds is 3. The van der Waals surface area contributed by atoms with Gasteiger partial charge in [-0.05, 0) is 35.2 Å². The van der Waals surface area contributed by atoms with Crippen LogP contribution in [-0.2, 0) is 18.3 Å². The van der Waals surface area contributed by atoms with Crippen LogP contribution >= 0.6 is 0 Å². The van der Waals surface area contributed by atoms with Gasteiger partial charge in [0.2, 0.25) is 5.91 Å². The second-order valence-electron chi connectivity index (χ2n) is 5.78. The largest absolute Gasteiger partial charge is 0.361 e. The fourth-order valence-corrected chi connectivity index (χ4v) is 3.00. The minimum atomic E-state index is -0.0108. The second kappa shape index (κ2) is 5.32. The molecule has 0 spiro atoms. The zero-order chi connectivity index (χ0) is 15.8. The number of aryl methyl sites for hydroxylation is 1. The smallest absolute Gasteiger partial charge is 0.228 e. The summed E-state index contributed by atoms with van der Waals surface area (Å²) in [6.07, 6.45) is 4.28. The average Bonchev–Trinajstić information content (AvgIpc) is 3.12. The van der Waals surface area contributed by atoms with Crippen LogP contribution in [-0.4, -0.2) is 15.5 Å². The van der Waals surface area contributed by atoms with Crippen LogP contribution in [0, 0.1) is 0 Å². The molecule has 4 nitrogen and oxygen atoms in total. The molecule has 1 amide bonds. The summed E-state index contributed by atoms with van der Waals surface area (Å²) in [5.74, 6) is -0.0108. The van der Waals surface area contributed by atoms with Gasteiger partial charge in [0.1, 0.15) is 0 Å². The molecule has 2 aromatic carbocycles. The molecule has 4 rings (SSSR count). The van der Waals surface area contributed by atoms with Crippen LogP contribution in [0.2, 0.25) is 0 Å². The van der Waals surface area contributed by atoms with Gasteiger partial charge >= 0.3 is 0 Å². The fraction of sp³-hybridized carbons (Fsp3) is 0.105. The van der Waals surface area contributed by atoms with E-state index < -0.39 is 0 Å². The monoisotopic (exact) mass is 303 g/mol. The molecule has 0 aliphatic heterocycles. The minimum absolute atomic E-state index is 0.0108. The van der Waals surface area contributed by atoms with Crippen molar-refractivity contribution in [2.75, 3.05) is 5.32 Å². The molecule has 0 saturated heterocycles. The van der Waals surface area contributed by atoms with Crippen molar-refractivity contribution in [2.45, 2.75) is 6.42 Å². The molecule has 2 heterocycles. The summed E-state index contributed by atoms with van der Waals surface area (Å²) in [5, 5.41) is 5.25. The number of amides is 1. The normalized spacial score (nSPS) is 11.2. The molecular weight excluding hydrogens is 286 g/mol. The summed E-state index contributed by atoms with van der Waals surface area (Å²) in [4.78, 5) is 15.6. The highest BCUT2D eigenvalue weighted by Crippen LogP contribution is 2.21. The number of aromatic amines is 1. The predicted octanol–water partition coefficient (Wildman–Crippen LogP) is 3.84. The average molecular weight is 303 g/mol. The molecule has 2 N–H and O–H groups in total. The molecule has 0 radical (unpaired) electrons. The lowest BCUT2D eigenvalue weighted by Crippen LogP contribution is -2.14. The van der Waals surface area contributed by atoms with Crippen LogP contribution < -0.4 is 5.32 Å². The van der Waals surface area contributed by atoms with E-state index in [1.54, 1.807) is 0 Å². The number of H-pyrrole nitrogens is 1. The number of nitrogens with zero attached hydrogens (tertiary/aromatic N) is 1. The maximum absolute atomic E-state index is 12.4. The van der Waals surface area contributed by atoms with Gasteiger partial charge in [-0.1, -0.05) is 24.3 Å². The summed E-state index contributed by atoms with van der Waals surface area (Å²) in [5.41, 5.74) is 4.00. The molecule has 0 aliphatic rings. The Labute approximate surface area is 133 Å². The van der Waals surface area contributed by atoms with Gasteiger partial charge in [-0.15, -0.1) is 0 Å². The van der Waals surface area contributed by atoms with Crippen molar-refractivity contribution in [3.63, 3.8) is 0 Å². The van der Waals surface area contributed by atoms with Gasteiger partial charge in [-0.3, -0.25) is 4.79 Å². The first-order valence-corrected chi connectivity index (χ1v) is 7.60. The molecule has 114 valence electrons. The Morgan fingerprint density at radius 1 is 1.17 bits per heavy atom. The van der Waals surface area contributed by atoms with Crippen molar-refractivity contribution in [1.82, 2.24) is 9.55 Å². The summed E-state index contributed by atoms with van der Waals surface area (Å²) in [7, 11) is 2.00. The number of benzene rings is 2. The van der Waals surface area contributed by atoms with E-state index in [0.717, 1.165) is 27.7 Å². The Bertz CT molecular complexity index is 1010. The van der Waals surface area contributed by atoms with Gasteiger partial charge in [-0.25, -0.2) is 0 Å². The van der Waals surface area contributed by atoms with E-state index in [-0.39, 0.29) is 5.91 Å². The standard InChI is InChI=1S/C19H17N3O/c1-22-9-8-13-6-7-15(11-18(13)22)21-19(23)10-14-12-20-17-5-3-2-4-16(14)17/h2-9,11-12,20H,10H2,1H3,(H,21,23). The predicted molar refractivity (Wildman–Crippen MR) is 93.6 cm³/mol. The quantitative estimate of drug-likeness (QED) is 0.593. The highest BCUT2D eigenvalue weighted by Gasteiger charge is 2.09. The molecule has 4 aromatic rings. The minimum Gasteiger partial charge on any atom is -0.361 e. The van der Waals surface area contributed by atoms with E-state index in [1.807, 2.05) is 66.5 Å². The molecule has 0 unspecified atom stereocenters. The highest BCUT2D eigenvalue weighted by atomic mass is 16.1. The Morgan fingerprint density at radius 3 is 2.96 bits per heavy atom. The second-order valence-corrected chi connectivity index (χ2v) is 5.78. The number of carbonyl (C=O) groups excluding carboxylic acids is 1. The van der Waals surface area contributed by atoms with Crippen LogP contribution in [0.4, 0.5) is 5.69 Å². The molecule has 0 fully saturated rings. The lowest BCUT2D eigenvalue weighted by Gasteiger charge is -2.06. The number of hydrogen-bond acceptors (Lipinski definition) is 1. The molecule has 0 aliphatic carbocycles. The number of nitrogens with one attached hydrogen (secondary N) is 2. The summed E-state index contributed by atoms with van der Waals surface area (Å²) < 4.78 is 2.05. The maximum Gasteiger partial charge on any atom is 0.228 e. The van der Waals surface area contributed by atoms with Crippen molar-refractivity contribution in [2.24, 2.45) is 7.05 Å². The number of anilines is 1. The Morgan fingerprint density at radius 2 is 2.04 bits per heavy atom. The maximum atomic E-state index is 12.4. The number of fused-ring (bicyclic) bond motifs is 2. The number of carbonyl (C=O) groups is 1. The zero-order valence-corrected chi connectivity index (χ0v) is 12.8. The summed E-state index contributed by atoms with van der Waals surface area (Å²) in [6, 6.07) is 16.0. The zero-order valence-electron chi connectivity index (χ0n) is 12.8. The number of hydrogen-bond donors (Lipinski definition) is 2. The van der Waals surface area contributed by atoms with Crippen LogP contribution in [0.5, 0.6) is 0 Å². The number of para-hydroxylation sites is 1. The van der Waals surface area contributed by atoms with Crippen LogP contribution in [0.15, 0.2) is 60.9 Å². The van der Waals surface area contributed by atoms with Crippen molar-refractivity contribution in [3.05, 3.63) is 66.5 Å². The molecule has 0 atom stereocenters. The van der Waals surface area contributed by atoms with Crippen molar-refractivity contribution in [3.8, 4) is 0 Å². The molecule has 4 heteroatoms. The Kier molecular flexibility index (Phi) is 3.15. The third kappa shape index (κ3) is 2.48. The molecular formula is C19H17N3O. The van der Waals surface area contributed by atoms with Crippen molar-refractivity contribution in [1.29, 1.82) is 0 Å². The van der Waals surface area contributed by atoms with Crippen molar-refractivity contribution >= 4 is 33.4 Å². The van der Waals surface area contributed by atoms with Crippen LogP contribution in [0.1, 0.15) is 5.56 Å². The summed E-state index contributed by atoms with van der Waals surface area (Å²) >= 11 is 0. The topological polar surface area (TPSA) is 49.8 Å². The Balaban J connectivity index is 1.56. The van der Waals surface area contributed by atoms with E-state index in [4.69, 9.17) is 0 Å². The van der Waals surface area contributed by atoms with E-state index in [9.17, 15) is 4.79 Å². The molecule has 0 bridgehead atoms. The Hall–Kier alpha value is -3.01. The SMILES string of the molecule is Cn1ccc2ccc(NC(=O)Cc3c[nH]c4ccccc34)cc21. The molecule has 2 aromatic heterocycles. The first kappa shape index (κ1) is 13.6. The number of aromatic nitrogens is 2. The summed E-state index contributed by atoms with van der Waals surface area (Å²) in [6.45, 7) is 0. The molecule has 23 heavy (non-hydrogen) atoms. The van der Waals surface area contributed by atoms with Crippen LogP contribution in [0.25, 0.3) is 21.8 Å². The lowest BCUT2D eigenvalue weighted by atomic mass is 10.1. The highest BCUT2D eigenvalue weighted by molar-refractivity contribution is 5.97. The van der Waals surface area contributed by atoms with E-state index in [2.05, 4.69) is 16.4 Å². The first-order chi connectivity index (χ1) is 11.2. The lowest BCUT2D eigenvalue weighted by molar-refractivity contribution is -0.115. The van der Waals surface area contributed by atoms with Gasteiger partial charge in [0.05, 0.1) is 6.42 Å².